The van der Waals surface area contributed by atoms with Crippen LogP contribution in [-0.2, 0) is 22.5 Å². The lowest BCUT2D eigenvalue weighted by atomic mass is 9.93. The van der Waals surface area contributed by atoms with Gasteiger partial charge in [-0.15, -0.1) is 0 Å². The summed E-state index contributed by atoms with van der Waals surface area (Å²) in [6.45, 7) is 0.646. The molecule has 0 fully saturated rings. The molecule has 130 valence electrons. The second-order valence-corrected chi connectivity index (χ2v) is 6.16. The largest absolute Gasteiger partial charge is 0.469 e. The van der Waals surface area contributed by atoms with Crippen molar-refractivity contribution in [3.63, 3.8) is 0 Å². The van der Waals surface area contributed by atoms with Crippen molar-refractivity contribution in [3.8, 4) is 0 Å². The first kappa shape index (κ1) is 17.0. The van der Waals surface area contributed by atoms with Gasteiger partial charge in [0.1, 0.15) is 0 Å². The molecule has 1 atom stereocenters. The highest BCUT2D eigenvalue weighted by molar-refractivity contribution is 5.72. The van der Waals surface area contributed by atoms with E-state index in [-0.39, 0.29) is 22.6 Å². The highest BCUT2D eigenvalue weighted by atomic mass is 16.6. The summed E-state index contributed by atoms with van der Waals surface area (Å²) in [4.78, 5) is 24.6. The summed E-state index contributed by atoms with van der Waals surface area (Å²) in [6.07, 6.45) is 1.78. The number of esters is 1. The number of ether oxygens (including phenoxy) is 1. The van der Waals surface area contributed by atoms with Crippen LogP contribution in [0.5, 0.6) is 0 Å². The summed E-state index contributed by atoms with van der Waals surface area (Å²) in [5.74, 6) is -0.242. The number of hydrogen-bond acceptors (Lipinski definition) is 5. The number of aryl methyl sites for hydroxylation is 1. The van der Waals surface area contributed by atoms with Crippen LogP contribution < -0.4 is 4.90 Å². The van der Waals surface area contributed by atoms with E-state index in [4.69, 9.17) is 4.74 Å². The number of non-ortho nitro benzene ring substituents is 1. The minimum Gasteiger partial charge on any atom is -0.469 e. The van der Waals surface area contributed by atoms with Crippen LogP contribution in [0.2, 0.25) is 0 Å². The van der Waals surface area contributed by atoms with Crippen molar-refractivity contribution in [2.45, 2.75) is 31.8 Å². The van der Waals surface area contributed by atoms with Gasteiger partial charge in [0.15, 0.2) is 0 Å². The third-order valence-electron chi connectivity index (χ3n) is 4.60. The lowest BCUT2D eigenvalue weighted by Gasteiger charge is -2.38. The maximum atomic E-state index is 11.8. The Balaban J connectivity index is 1.94. The van der Waals surface area contributed by atoms with E-state index in [1.54, 1.807) is 12.1 Å². The molecule has 0 spiro atoms. The number of carbonyl (C=O) groups is 1. The predicted octanol–water partition coefficient (Wildman–Crippen LogP) is 3.48. The zero-order chi connectivity index (χ0) is 17.8. The third kappa shape index (κ3) is 3.79. The monoisotopic (exact) mass is 340 g/mol. The van der Waals surface area contributed by atoms with E-state index in [2.05, 4.69) is 4.90 Å². The summed E-state index contributed by atoms with van der Waals surface area (Å²) in [5.41, 5.74) is 3.13. The van der Waals surface area contributed by atoms with Crippen LogP contribution >= 0.6 is 0 Å². The normalized spacial score (nSPS) is 16.2. The molecule has 3 rings (SSSR count). The quantitative estimate of drug-likeness (QED) is 0.473. The topological polar surface area (TPSA) is 72.7 Å². The van der Waals surface area contributed by atoms with Gasteiger partial charge in [0, 0.05) is 30.4 Å². The van der Waals surface area contributed by atoms with Gasteiger partial charge >= 0.3 is 5.97 Å². The first-order chi connectivity index (χ1) is 12.1. The summed E-state index contributed by atoms with van der Waals surface area (Å²) < 4.78 is 4.84. The van der Waals surface area contributed by atoms with Crippen molar-refractivity contribution in [1.82, 2.24) is 0 Å². The van der Waals surface area contributed by atoms with Gasteiger partial charge < -0.3 is 9.64 Å². The molecule has 1 aliphatic heterocycles. The zero-order valence-corrected chi connectivity index (χ0v) is 14.1. The molecule has 0 radical (unpaired) electrons. The number of carbonyl (C=O) groups excluding carboxylic acids is 1. The molecule has 2 aromatic carbocycles. The number of rotatable bonds is 5. The lowest BCUT2D eigenvalue weighted by molar-refractivity contribution is -0.384. The van der Waals surface area contributed by atoms with Crippen LogP contribution in [0.15, 0.2) is 48.5 Å². The van der Waals surface area contributed by atoms with Gasteiger partial charge in [0.05, 0.1) is 18.5 Å². The SMILES string of the molecule is COC(=O)C[C@@H]1CCc2cc([N+](=O)[O-])ccc2N1Cc1ccccc1. The van der Waals surface area contributed by atoms with Crippen LogP contribution in [0.3, 0.4) is 0 Å². The molecule has 0 aliphatic carbocycles. The average molecular weight is 340 g/mol. The van der Waals surface area contributed by atoms with Crippen LogP contribution in [0, 0.1) is 10.1 Å². The smallest absolute Gasteiger partial charge is 0.307 e. The molecule has 0 aromatic heterocycles. The molecule has 0 unspecified atom stereocenters. The molecule has 0 N–H and O–H groups in total. The Morgan fingerprint density at radius 2 is 2.04 bits per heavy atom. The number of anilines is 1. The summed E-state index contributed by atoms with van der Waals surface area (Å²) in [5, 5.41) is 11.0. The fourth-order valence-corrected chi connectivity index (χ4v) is 3.32. The number of nitro benzene ring substituents is 1. The highest BCUT2D eigenvalue weighted by Gasteiger charge is 2.29. The zero-order valence-electron chi connectivity index (χ0n) is 14.1. The Labute approximate surface area is 146 Å². The Hall–Kier alpha value is -2.89. The van der Waals surface area contributed by atoms with Crippen molar-refractivity contribution < 1.29 is 14.5 Å². The Kier molecular flexibility index (Phi) is 4.97. The van der Waals surface area contributed by atoms with Crippen LogP contribution in [-0.4, -0.2) is 24.0 Å². The molecule has 0 amide bonds. The Morgan fingerprint density at radius 3 is 2.72 bits per heavy atom. The van der Waals surface area contributed by atoms with E-state index in [0.717, 1.165) is 23.2 Å². The van der Waals surface area contributed by atoms with Crippen molar-refractivity contribution >= 4 is 17.3 Å². The summed E-state index contributed by atoms with van der Waals surface area (Å²) >= 11 is 0. The van der Waals surface area contributed by atoms with Gasteiger partial charge in [-0.2, -0.15) is 0 Å². The molecule has 1 heterocycles. The second-order valence-electron chi connectivity index (χ2n) is 6.16. The number of methoxy groups -OCH3 is 1. The molecular formula is C19H20N2O4. The van der Waals surface area contributed by atoms with Gasteiger partial charge in [-0.05, 0) is 30.0 Å². The first-order valence-electron chi connectivity index (χ1n) is 8.23. The molecule has 0 saturated heterocycles. The molecule has 6 heteroatoms. The van der Waals surface area contributed by atoms with Crippen LogP contribution in [0.4, 0.5) is 11.4 Å². The molecule has 0 saturated carbocycles. The van der Waals surface area contributed by atoms with E-state index < -0.39 is 0 Å². The van der Waals surface area contributed by atoms with Crippen molar-refractivity contribution in [3.05, 3.63) is 69.8 Å². The van der Waals surface area contributed by atoms with Crippen molar-refractivity contribution in [2.24, 2.45) is 0 Å². The Morgan fingerprint density at radius 1 is 1.28 bits per heavy atom. The van der Waals surface area contributed by atoms with E-state index in [1.165, 1.54) is 13.2 Å². The molecule has 0 bridgehead atoms. The fourth-order valence-electron chi connectivity index (χ4n) is 3.32. The number of hydrogen-bond donors (Lipinski definition) is 0. The number of nitrogens with zero attached hydrogens (tertiary/aromatic N) is 2. The maximum absolute atomic E-state index is 11.8. The number of benzene rings is 2. The van der Waals surface area contributed by atoms with E-state index in [9.17, 15) is 14.9 Å². The molecule has 1 aliphatic rings. The number of fused-ring (bicyclic) bond motifs is 1. The lowest BCUT2D eigenvalue weighted by Crippen LogP contribution is -2.40. The van der Waals surface area contributed by atoms with Gasteiger partial charge in [-0.3, -0.25) is 14.9 Å². The minimum atomic E-state index is -0.373. The fraction of sp³-hybridized carbons (Fsp3) is 0.316. The Bertz CT molecular complexity index is 776. The maximum Gasteiger partial charge on any atom is 0.307 e. The molecule has 2 aromatic rings. The van der Waals surface area contributed by atoms with Gasteiger partial charge in [-0.1, -0.05) is 30.3 Å². The van der Waals surface area contributed by atoms with Gasteiger partial charge in [0.2, 0.25) is 0 Å². The minimum absolute atomic E-state index is 0.0154. The molecule has 6 nitrogen and oxygen atoms in total. The van der Waals surface area contributed by atoms with Crippen molar-refractivity contribution in [2.75, 3.05) is 12.0 Å². The van der Waals surface area contributed by atoms with Crippen LogP contribution in [0.25, 0.3) is 0 Å². The third-order valence-corrected chi connectivity index (χ3v) is 4.60. The summed E-state index contributed by atoms with van der Waals surface area (Å²) in [6, 6.07) is 15.0. The van der Waals surface area contributed by atoms with E-state index in [0.29, 0.717) is 19.4 Å². The van der Waals surface area contributed by atoms with Gasteiger partial charge in [0.25, 0.3) is 5.69 Å². The first-order valence-corrected chi connectivity index (χ1v) is 8.23. The van der Waals surface area contributed by atoms with E-state index >= 15 is 0 Å². The molecule has 25 heavy (non-hydrogen) atoms. The number of nitro groups is 1. The highest BCUT2D eigenvalue weighted by Crippen LogP contribution is 2.35. The van der Waals surface area contributed by atoms with Crippen LogP contribution in [0.1, 0.15) is 24.0 Å². The molecular weight excluding hydrogens is 320 g/mol. The average Bonchev–Trinajstić information content (AvgIpc) is 2.63. The summed E-state index contributed by atoms with van der Waals surface area (Å²) in [7, 11) is 1.39. The second kappa shape index (κ2) is 7.34. The van der Waals surface area contributed by atoms with E-state index in [1.807, 2.05) is 30.3 Å². The predicted molar refractivity (Wildman–Crippen MR) is 94.5 cm³/mol. The van der Waals surface area contributed by atoms with Gasteiger partial charge in [-0.25, -0.2) is 0 Å². The standard InChI is InChI=1S/C19H20N2O4/c1-25-19(22)12-16-8-7-15-11-17(21(23)24)9-10-18(15)20(16)13-14-5-3-2-4-6-14/h2-6,9-11,16H,7-8,12-13H2,1H3/t16-/m0/s1. The van der Waals surface area contributed by atoms with Crippen molar-refractivity contribution in [1.29, 1.82) is 0 Å².